The summed E-state index contributed by atoms with van der Waals surface area (Å²) < 4.78 is 0. The third-order valence-corrected chi connectivity index (χ3v) is 3.13. The second kappa shape index (κ2) is 4.50. The molecule has 1 unspecified atom stereocenters. The topological polar surface area (TPSA) is 24.7 Å². The Hall–Kier alpha value is -1.96. The van der Waals surface area contributed by atoms with Gasteiger partial charge in [0, 0.05) is 6.21 Å². The van der Waals surface area contributed by atoms with Crippen LogP contribution in [0.1, 0.15) is 30.0 Å². The summed E-state index contributed by atoms with van der Waals surface area (Å²) in [5, 5.41) is 0. The van der Waals surface area contributed by atoms with Gasteiger partial charge < -0.3 is 0 Å². The Morgan fingerprint density at radius 1 is 1.12 bits per heavy atom. The maximum Gasteiger partial charge on any atom is 0.111 e. The van der Waals surface area contributed by atoms with Crippen molar-refractivity contribution >= 4 is 12.6 Å². The Kier molecular flexibility index (Phi) is 2.70. The molecule has 1 aromatic carbocycles. The van der Waals surface area contributed by atoms with E-state index in [1.54, 1.807) is 6.34 Å². The molecule has 1 aliphatic heterocycles. The molecule has 0 fully saturated rings. The third kappa shape index (κ3) is 1.98. The van der Waals surface area contributed by atoms with Gasteiger partial charge in [0.25, 0.3) is 0 Å². The molecule has 1 aliphatic carbocycles. The quantitative estimate of drug-likeness (QED) is 0.695. The van der Waals surface area contributed by atoms with Gasteiger partial charge in [0.15, 0.2) is 0 Å². The van der Waals surface area contributed by atoms with Crippen molar-refractivity contribution in [1.29, 1.82) is 0 Å². The summed E-state index contributed by atoms with van der Waals surface area (Å²) in [4.78, 5) is 8.74. The predicted octanol–water partition coefficient (Wildman–Crippen LogP) is 3.46. The molecule has 84 valence electrons. The minimum absolute atomic E-state index is 0.102. The lowest BCUT2D eigenvalue weighted by atomic mass is 9.92. The first kappa shape index (κ1) is 10.2. The number of benzene rings is 1. The fourth-order valence-corrected chi connectivity index (χ4v) is 2.28. The fraction of sp³-hybridized carbons (Fsp3) is 0.200. The van der Waals surface area contributed by atoms with Gasteiger partial charge in [-0.15, -0.1) is 0 Å². The number of hydrogen-bond acceptors (Lipinski definition) is 2. The highest BCUT2D eigenvalue weighted by molar-refractivity contribution is 5.89. The van der Waals surface area contributed by atoms with Crippen LogP contribution in [0, 0.1) is 0 Å². The monoisotopic (exact) mass is 222 g/mol. The van der Waals surface area contributed by atoms with Crippen molar-refractivity contribution in [2.24, 2.45) is 9.98 Å². The highest BCUT2D eigenvalue weighted by atomic mass is 14.9. The molecular weight excluding hydrogens is 208 g/mol. The van der Waals surface area contributed by atoms with Crippen molar-refractivity contribution in [2.75, 3.05) is 0 Å². The molecule has 0 saturated heterocycles. The van der Waals surface area contributed by atoms with Crippen LogP contribution in [0.4, 0.5) is 0 Å². The first-order chi connectivity index (χ1) is 8.45. The molecule has 2 nitrogen and oxygen atoms in total. The molecule has 0 N–H and O–H groups in total. The molecule has 0 saturated carbocycles. The minimum atomic E-state index is 0.102. The summed E-state index contributed by atoms with van der Waals surface area (Å²) in [6, 6.07) is 8.43. The molecule has 0 spiro atoms. The lowest BCUT2D eigenvalue weighted by Gasteiger charge is -2.17. The van der Waals surface area contributed by atoms with Gasteiger partial charge in [-0.25, -0.2) is 4.99 Å². The first-order valence-electron chi connectivity index (χ1n) is 5.95. The Labute approximate surface area is 101 Å². The highest BCUT2D eigenvalue weighted by Crippen LogP contribution is 2.31. The molecule has 0 amide bonds. The zero-order valence-corrected chi connectivity index (χ0v) is 9.58. The van der Waals surface area contributed by atoms with Gasteiger partial charge in [0.1, 0.15) is 12.4 Å². The van der Waals surface area contributed by atoms with Gasteiger partial charge in [-0.1, -0.05) is 42.5 Å². The molecule has 2 aliphatic rings. The van der Waals surface area contributed by atoms with Gasteiger partial charge in [-0.05, 0) is 29.5 Å². The smallest absolute Gasteiger partial charge is 0.111 e. The predicted molar refractivity (Wildman–Crippen MR) is 71.7 cm³/mol. The molecule has 1 atom stereocenters. The van der Waals surface area contributed by atoms with Crippen LogP contribution in [-0.2, 0) is 0 Å². The van der Waals surface area contributed by atoms with Crippen molar-refractivity contribution in [3.8, 4) is 0 Å². The lowest BCUT2D eigenvalue weighted by molar-refractivity contribution is 0.848. The Bertz CT molecular complexity index is 536. The summed E-state index contributed by atoms with van der Waals surface area (Å²) in [5.41, 5.74) is 3.68. The van der Waals surface area contributed by atoms with Crippen LogP contribution in [0.3, 0.4) is 0 Å². The van der Waals surface area contributed by atoms with Crippen LogP contribution in [0.15, 0.2) is 58.1 Å². The second-order valence-corrected chi connectivity index (χ2v) is 4.26. The van der Waals surface area contributed by atoms with Crippen LogP contribution < -0.4 is 0 Å². The van der Waals surface area contributed by atoms with E-state index in [1.165, 1.54) is 11.1 Å². The number of hydrogen-bond donors (Lipinski definition) is 0. The van der Waals surface area contributed by atoms with Gasteiger partial charge in [-0.3, -0.25) is 4.99 Å². The van der Waals surface area contributed by atoms with Crippen LogP contribution in [0.25, 0.3) is 0 Å². The maximum atomic E-state index is 4.55. The second-order valence-electron chi connectivity index (χ2n) is 4.26. The largest absolute Gasteiger partial charge is 0.261 e. The number of rotatable bonds is 1. The maximum absolute atomic E-state index is 4.55. The number of nitrogens with zero attached hydrogens (tertiary/aromatic N) is 2. The molecule has 1 heterocycles. The van der Waals surface area contributed by atoms with Gasteiger partial charge in [0.2, 0.25) is 0 Å². The van der Waals surface area contributed by atoms with Crippen molar-refractivity contribution in [2.45, 2.75) is 18.9 Å². The van der Waals surface area contributed by atoms with E-state index < -0.39 is 0 Å². The molecule has 0 radical (unpaired) electrons. The van der Waals surface area contributed by atoms with E-state index in [9.17, 15) is 0 Å². The standard InChI is InChI=1S/C15H14N2/c1-2-6-12(7-3-1)15-14-9-5-4-8-13(14)10-16-11-17-15/h2,4-11,15H,1,3H2. The summed E-state index contributed by atoms with van der Waals surface area (Å²) in [6.07, 6.45) is 12.5. The molecule has 3 rings (SSSR count). The molecule has 1 aromatic rings. The Morgan fingerprint density at radius 3 is 2.94 bits per heavy atom. The lowest BCUT2D eigenvalue weighted by Crippen LogP contribution is -2.02. The van der Waals surface area contributed by atoms with Gasteiger partial charge >= 0.3 is 0 Å². The van der Waals surface area contributed by atoms with Crippen molar-refractivity contribution in [3.05, 3.63) is 59.2 Å². The van der Waals surface area contributed by atoms with Crippen LogP contribution in [-0.4, -0.2) is 12.6 Å². The van der Waals surface area contributed by atoms with E-state index in [-0.39, 0.29) is 6.04 Å². The number of fused-ring (bicyclic) bond motifs is 1. The minimum Gasteiger partial charge on any atom is -0.261 e. The third-order valence-electron chi connectivity index (χ3n) is 3.13. The molecule has 0 bridgehead atoms. The fourth-order valence-electron chi connectivity index (χ4n) is 2.28. The molecule has 2 heteroatoms. The van der Waals surface area contributed by atoms with Gasteiger partial charge in [-0.2, -0.15) is 0 Å². The number of aliphatic imine (C=N–C) groups is 2. The summed E-state index contributed by atoms with van der Waals surface area (Å²) in [7, 11) is 0. The SMILES string of the molecule is C1=CC(C2N=CN=Cc3ccccc32)=CCC1. The van der Waals surface area contributed by atoms with E-state index in [0.717, 1.165) is 18.4 Å². The average molecular weight is 222 g/mol. The Balaban J connectivity index is 2.07. The van der Waals surface area contributed by atoms with Crippen LogP contribution >= 0.6 is 0 Å². The molecule has 17 heavy (non-hydrogen) atoms. The van der Waals surface area contributed by atoms with Crippen molar-refractivity contribution in [3.63, 3.8) is 0 Å². The summed E-state index contributed by atoms with van der Waals surface area (Å²) >= 11 is 0. The Morgan fingerprint density at radius 2 is 2.06 bits per heavy atom. The summed E-state index contributed by atoms with van der Waals surface area (Å²) in [5.74, 6) is 0. The number of allylic oxidation sites excluding steroid dienone is 2. The van der Waals surface area contributed by atoms with Crippen molar-refractivity contribution in [1.82, 2.24) is 0 Å². The normalized spacial score (nSPS) is 21.9. The molecular formula is C15H14N2. The van der Waals surface area contributed by atoms with E-state index >= 15 is 0 Å². The zero-order valence-electron chi connectivity index (χ0n) is 9.58. The highest BCUT2D eigenvalue weighted by Gasteiger charge is 2.17. The van der Waals surface area contributed by atoms with Gasteiger partial charge in [0.05, 0.1) is 0 Å². The first-order valence-corrected chi connectivity index (χ1v) is 5.95. The zero-order chi connectivity index (χ0) is 11.5. The summed E-state index contributed by atoms with van der Waals surface area (Å²) in [6.45, 7) is 0. The van der Waals surface area contributed by atoms with Crippen LogP contribution in [0.2, 0.25) is 0 Å². The van der Waals surface area contributed by atoms with Crippen molar-refractivity contribution < 1.29 is 0 Å². The van der Waals surface area contributed by atoms with E-state index in [4.69, 9.17) is 0 Å². The average Bonchev–Trinajstić information content (AvgIpc) is 2.62. The van der Waals surface area contributed by atoms with E-state index in [0.29, 0.717) is 0 Å². The van der Waals surface area contributed by atoms with Crippen LogP contribution in [0.5, 0.6) is 0 Å². The molecule has 0 aromatic heterocycles. The van der Waals surface area contributed by atoms with E-state index in [2.05, 4.69) is 46.4 Å². The van der Waals surface area contributed by atoms with E-state index in [1.807, 2.05) is 12.3 Å².